The van der Waals surface area contributed by atoms with Gasteiger partial charge < -0.3 is 14.8 Å². The predicted octanol–water partition coefficient (Wildman–Crippen LogP) is 1.40. The van der Waals surface area contributed by atoms with E-state index in [1.165, 1.54) is 5.56 Å². The van der Waals surface area contributed by atoms with E-state index >= 15 is 0 Å². The third-order valence-electron chi connectivity index (χ3n) is 2.77. The molecule has 1 amide bonds. The minimum Gasteiger partial charge on any atom is -0.493 e. The Bertz CT molecular complexity index is 416. The van der Waals surface area contributed by atoms with Crippen LogP contribution in [0, 0.1) is 0 Å². The fourth-order valence-electron chi connectivity index (χ4n) is 1.98. The van der Waals surface area contributed by atoms with E-state index in [0.717, 1.165) is 24.3 Å². The molecule has 3 rings (SSSR count). The molecule has 4 nitrogen and oxygen atoms in total. The van der Waals surface area contributed by atoms with E-state index in [1.54, 1.807) is 0 Å². The summed E-state index contributed by atoms with van der Waals surface area (Å²) in [5.41, 5.74) is 2.24. The van der Waals surface area contributed by atoms with Crippen LogP contribution in [0.15, 0.2) is 18.2 Å². The van der Waals surface area contributed by atoms with Crippen molar-refractivity contribution in [1.82, 2.24) is 5.32 Å². The van der Waals surface area contributed by atoms with Crippen molar-refractivity contribution in [3.63, 3.8) is 0 Å². The minimum absolute atomic E-state index is 0.150. The lowest BCUT2D eigenvalue weighted by atomic mass is 10.0. The molecule has 2 aliphatic rings. The van der Waals surface area contributed by atoms with Gasteiger partial charge in [-0.05, 0) is 23.3 Å². The Labute approximate surface area is 87.2 Å². The van der Waals surface area contributed by atoms with Crippen LogP contribution in [0.25, 0.3) is 0 Å². The highest BCUT2D eigenvalue weighted by molar-refractivity contribution is 5.69. The number of carbonyl (C=O) groups excluding carboxylic acids is 1. The van der Waals surface area contributed by atoms with Crippen LogP contribution in [0.2, 0.25) is 0 Å². The standard InChI is InChI=1S/C11H11NO3/c13-11-12-6-10(15-11)7-1-2-9-8(5-7)3-4-14-9/h1-2,5,10H,3-4,6H2,(H,12,13). The SMILES string of the molecule is O=C1NCC(c2ccc3c(c2)CCO3)O1. The molecule has 0 aliphatic carbocycles. The van der Waals surface area contributed by atoms with Crippen LogP contribution in [-0.4, -0.2) is 19.2 Å². The molecule has 4 heteroatoms. The molecular weight excluding hydrogens is 194 g/mol. The molecule has 15 heavy (non-hydrogen) atoms. The molecule has 0 radical (unpaired) electrons. The first kappa shape index (κ1) is 8.59. The van der Waals surface area contributed by atoms with Crippen LogP contribution < -0.4 is 10.1 Å². The minimum atomic E-state index is -0.336. The average Bonchev–Trinajstić information content (AvgIpc) is 2.84. The van der Waals surface area contributed by atoms with E-state index < -0.39 is 0 Å². The first-order valence-electron chi connectivity index (χ1n) is 5.03. The lowest BCUT2D eigenvalue weighted by Gasteiger charge is -2.09. The lowest BCUT2D eigenvalue weighted by molar-refractivity contribution is 0.141. The fourth-order valence-corrected chi connectivity index (χ4v) is 1.98. The summed E-state index contributed by atoms with van der Waals surface area (Å²) in [7, 11) is 0. The maximum Gasteiger partial charge on any atom is 0.407 e. The molecule has 1 aromatic rings. The molecule has 78 valence electrons. The number of hydrogen-bond donors (Lipinski definition) is 1. The summed E-state index contributed by atoms with van der Waals surface area (Å²) in [5.74, 6) is 0.955. The van der Waals surface area contributed by atoms with Crippen molar-refractivity contribution in [2.24, 2.45) is 0 Å². The highest BCUT2D eigenvalue weighted by Crippen LogP contribution is 2.30. The smallest absolute Gasteiger partial charge is 0.407 e. The molecule has 0 saturated carbocycles. The summed E-state index contributed by atoms with van der Waals surface area (Å²) in [6, 6.07) is 5.96. The van der Waals surface area contributed by atoms with Gasteiger partial charge in [0.2, 0.25) is 0 Å². The van der Waals surface area contributed by atoms with Crippen molar-refractivity contribution in [2.75, 3.05) is 13.2 Å². The Hall–Kier alpha value is -1.71. The van der Waals surface area contributed by atoms with E-state index in [2.05, 4.69) is 11.4 Å². The monoisotopic (exact) mass is 205 g/mol. The third-order valence-corrected chi connectivity index (χ3v) is 2.77. The summed E-state index contributed by atoms with van der Waals surface area (Å²) in [4.78, 5) is 10.9. The Kier molecular flexibility index (Phi) is 1.80. The van der Waals surface area contributed by atoms with E-state index in [0.29, 0.717) is 6.54 Å². The normalized spacial score (nSPS) is 22.9. The second-order valence-corrected chi connectivity index (χ2v) is 3.74. The number of cyclic esters (lactones) is 1. The summed E-state index contributed by atoms with van der Waals surface area (Å²) in [5, 5.41) is 2.64. The summed E-state index contributed by atoms with van der Waals surface area (Å²) in [6.07, 6.45) is 0.456. The Balaban J connectivity index is 1.89. The molecule has 1 fully saturated rings. The van der Waals surface area contributed by atoms with Crippen LogP contribution in [0.3, 0.4) is 0 Å². The number of carbonyl (C=O) groups is 1. The van der Waals surface area contributed by atoms with Crippen molar-refractivity contribution < 1.29 is 14.3 Å². The first-order valence-corrected chi connectivity index (χ1v) is 5.03. The number of benzene rings is 1. The van der Waals surface area contributed by atoms with Gasteiger partial charge in [0.1, 0.15) is 11.9 Å². The van der Waals surface area contributed by atoms with Crippen LogP contribution in [0.4, 0.5) is 4.79 Å². The molecule has 1 aromatic carbocycles. The van der Waals surface area contributed by atoms with Gasteiger partial charge in [-0.15, -0.1) is 0 Å². The predicted molar refractivity (Wildman–Crippen MR) is 52.9 cm³/mol. The number of fused-ring (bicyclic) bond motifs is 1. The zero-order valence-corrected chi connectivity index (χ0v) is 8.16. The molecule has 0 aromatic heterocycles. The maximum atomic E-state index is 10.9. The zero-order valence-electron chi connectivity index (χ0n) is 8.16. The Morgan fingerprint density at radius 1 is 1.40 bits per heavy atom. The second kappa shape index (κ2) is 3.15. The maximum absolute atomic E-state index is 10.9. The Morgan fingerprint density at radius 3 is 3.13 bits per heavy atom. The number of alkyl carbamates (subject to hydrolysis) is 1. The number of rotatable bonds is 1. The van der Waals surface area contributed by atoms with E-state index in [9.17, 15) is 4.79 Å². The van der Waals surface area contributed by atoms with Crippen molar-refractivity contribution >= 4 is 6.09 Å². The average molecular weight is 205 g/mol. The largest absolute Gasteiger partial charge is 0.493 e. The molecule has 1 unspecified atom stereocenters. The quantitative estimate of drug-likeness (QED) is 0.753. The molecule has 2 heterocycles. The summed E-state index contributed by atoms with van der Waals surface area (Å²) >= 11 is 0. The zero-order chi connectivity index (χ0) is 10.3. The molecule has 0 bridgehead atoms. The first-order chi connectivity index (χ1) is 7.33. The van der Waals surface area contributed by atoms with Gasteiger partial charge in [0, 0.05) is 6.42 Å². The van der Waals surface area contributed by atoms with Gasteiger partial charge in [-0.1, -0.05) is 6.07 Å². The highest BCUT2D eigenvalue weighted by atomic mass is 16.6. The lowest BCUT2D eigenvalue weighted by Crippen LogP contribution is -2.12. The number of amides is 1. The van der Waals surface area contributed by atoms with Crippen LogP contribution in [0.5, 0.6) is 5.75 Å². The van der Waals surface area contributed by atoms with Gasteiger partial charge in [-0.3, -0.25) is 0 Å². The highest BCUT2D eigenvalue weighted by Gasteiger charge is 2.25. The van der Waals surface area contributed by atoms with Gasteiger partial charge >= 0.3 is 6.09 Å². The second-order valence-electron chi connectivity index (χ2n) is 3.74. The van der Waals surface area contributed by atoms with Crippen molar-refractivity contribution in [3.05, 3.63) is 29.3 Å². The van der Waals surface area contributed by atoms with Crippen molar-refractivity contribution in [3.8, 4) is 5.75 Å². The summed E-state index contributed by atoms with van der Waals surface area (Å²) < 4.78 is 10.5. The van der Waals surface area contributed by atoms with Gasteiger partial charge in [0.25, 0.3) is 0 Å². The number of ether oxygens (including phenoxy) is 2. The molecule has 0 spiro atoms. The van der Waals surface area contributed by atoms with Crippen LogP contribution >= 0.6 is 0 Å². The fraction of sp³-hybridized carbons (Fsp3) is 0.364. The van der Waals surface area contributed by atoms with E-state index in [4.69, 9.17) is 9.47 Å². The molecule has 2 aliphatic heterocycles. The van der Waals surface area contributed by atoms with Gasteiger partial charge in [0.15, 0.2) is 0 Å². The number of hydrogen-bond acceptors (Lipinski definition) is 3. The van der Waals surface area contributed by atoms with Gasteiger partial charge in [-0.2, -0.15) is 0 Å². The van der Waals surface area contributed by atoms with Crippen LogP contribution in [0.1, 0.15) is 17.2 Å². The molecular formula is C11H11NO3. The topological polar surface area (TPSA) is 47.6 Å². The molecule has 1 N–H and O–H groups in total. The van der Waals surface area contributed by atoms with E-state index in [-0.39, 0.29) is 12.2 Å². The molecule has 1 saturated heterocycles. The van der Waals surface area contributed by atoms with Gasteiger partial charge in [0.05, 0.1) is 13.2 Å². The third kappa shape index (κ3) is 1.42. The van der Waals surface area contributed by atoms with Crippen LogP contribution in [-0.2, 0) is 11.2 Å². The van der Waals surface area contributed by atoms with Gasteiger partial charge in [-0.25, -0.2) is 4.79 Å². The summed E-state index contributed by atoms with van der Waals surface area (Å²) in [6.45, 7) is 1.31. The van der Waals surface area contributed by atoms with E-state index in [1.807, 2.05) is 12.1 Å². The van der Waals surface area contributed by atoms with Crippen molar-refractivity contribution in [1.29, 1.82) is 0 Å². The van der Waals surface area contributed by atoms with Crippen molar-refractivity contribution in [2.45, 2.75) is 12.5 Å². The molecule has 1 atom stereocenters. The number of nitrogens with one attached hydrogen (secondary N) is 1. The Morgan fingerprint density at radius 2 is 2.33 bits per heavy atom.